The van der Waals surface area contributed by atoms with Crippen molar-refractivity contribution in [1.29, 1.82) is 0 Å². The van der Waals surface area contributed by atoms with Gasteiger partial charge in [0, 0.05) is 12.1 Å². The molecular formula is C12H9N3O3S. The lowest BCUT2D eigenvalue weighted by molar-refractivity contribution is -0.135. The number of benzene rings is 1. The molecule has 0 bridgehead atoms. The fraction of sp³-hybridized carbons (Fsp3) is 0.167. The summed E-state index contributed by atoms with van der Waals surface area (Å²) in [6, 6.07) is 5.56. The topological polar surface area (TPSA) is 78.5 Å². The lowest BCUT2D eigenvalue weighted by atomic mass is 10.1. The zero-order valence-corrected chi connectivity index (χ0v) is 10.5. The Morgan fingerprint density at radius 2 is 1.74 bits per heavy atom. The van der Waals surface area contributed by atoms with Gasteiger partial charge in [0.25, 0.3) is 11.8 Å². The largest absolute Gasteiger partial charge is 0.338 e. The van der Waals surface area contributed by atoms with Crippen molar-refractivity contribution in [3.8, 4) is 0 Å². The van der Waals surface area contributed by atoms with Crippen LogP contribution >= 0.6 is 12.2 Å². The maximum atomic E-state index is 11.8. The third-order valence-corrected chi connectivity index (χ3v) is 3.59. The summed E-state index contributed by atoms with van der Waals surface area (Å²) in [5, 5.41) is 4.15. The van der Waals surface area contributed by atoms with E-state index in [4.69, 9.17) is 12.2 Å². The number of barbiturate groups is 1. The molecule has 19 heavy (non-hydrogen) atoms. The van der Waals surface area contributed by atoms with E-state index in [1.165, 1.54) is 4.90 Å². The molecule has 2 aliphatic rings. The summed E-state index contributed by atoms with van der Waals surface area (Å²) in [4.78, 5) is 36.6. The van der Waals surface area contributed by atoms with Gasteiger partial charge >= 0.3 is 6.03 Å². The minimum absolute atomic E-state index is 0.384. The second kappa shape index (κ2) is 4.13. The number of carbonyl (C=O) groups excluding carboxylic acids is 3. The summed E-state index contributed by atoms with van der Waals surface area (Å²) in [6.07, 6.45) is 0. The van der Waals surface area contributed by atoms with Crippen LogP contribution in [-0.2, 0) is 16.1 Å². The average Bonchev–Trinajstić information content (AvgIpc) is 2.66. The van der Waals surface area contributed by atoms with Crippen molar-refractivity contribution >= 4 is 35.1 Å². The number of nitrogens with one attached hydrogen (secondary N) is 2. The maximum absolute atomic E-state index is 11.8. The second-order valence-corrected chi connectivity index (χ2v) is 4.69. The maximum Gasteiger partial charge on any atom is 0.328 e. The van der Waals surface area contributed by atoms with Crippen LogP contribution in [-0.4, -0.2) is 33.8 Å². The number of urea groups is 1. The van der Waals surface area contributed by atoms with E-state index in [9.17, 15) is 14.4 Å². The number of hydrogen-bond acceptors (Lipinski definition) is 4. The van der Waals surface area contributed by atoms with Crippen molar-refractivity contribution in [3.63, 3.8) is 0 Å². The lowest BCUT2D eigenvalue weighted by Crippen LogP contribution is -2.64. The van der Waals surface area contributed by atoms with Gasteiger partial charge in [0.2, 0.25) is 0 Å². The van der Waals surface area contributed by atoms with E-state index in [-0.39, 0.29) is 0 Å². The summed E-state index contributed by atoms with van der Waals surface area (Å²) in [6.45, 7) is 0.384. The van der Waals surface area contributed by atoms with Crippen molar-refractivity contribution < 1.29 is 14.4 Å². The molecule has 1 aromatic rings. The molecule has 0 aromatic heterocycles. The van der Waals surface area contributed by atoms with Crippen molar-refractivity contribution in [1.82, 2.24) is 15.5 Å². The first kappa shape index (κ1) is 11.8. The SMILES string of the molecule is O=C1NC(=O)C(N2Cc3ccccc3C2=S)C(=O)N1. The van der Waals surface area contributed by atoms with E-state index in [0.717, 1.165) is 11.1 Å². The third kappa shape index (κ3) is 1.78. The molecule has 2 heterocycles. The Balaban J connectivity index is 1.93. The van der Waals surface area contributed by atoms with Crippen LogP contribution in [0.25, 0.3) is 0 Å². The molecule has 2 aliphatic heterocycles. The first-order valence-electron chi connectivity index (χ1n) is 5.62. The number of fused-ring (bicyclic) bond motifs is 1. The predicted octanol–water partition coefficient (Wildman–Crippen LogP) is -0.0877. The number of rotatable bonds is 1. The Hall–Kier alpha value is -2.28. The van der Waals surface area contributed by atoms with Gasteiger partial charge in [-0.25, -0.2) is 4.79 Å². The number of thiocarbonyl (C=S) groups is 1. The molecule has 2 N–H and O–H groups in total. The van der Waals surface area contributed by atoms with Crippen LogP contribution in [0.15, 0.2) is 24.3 Å². The number of imide groups is 2. The molecule has 0 unspecified atom stereocenters. The van der Waals surface area contributed by atoms with Gasteiger partial charge in [-0.1, -0.05) is 36.5 Å². The van der Waals surface area contributed by atoms with E-state index in [1.807, 2.05) is 24.3 Å². The van der Waals surface area contributed by atoms with Crippen LogP contribution in [0.4, 0.5) is 4.79 Å². The Bertz CT molecular complexity index is 608. The van der Waals surface area contributed by atoms with Crippen molar-refractivity contribution in [2.45, 2.75) is 12.6 Å². The molecule has 0 radical (unpaired) electrons. The standard InChI is InChI=1S/C12H9N3O3S/c16-9-8(10(17)14-12(18)13-9)15-5-6-3-1-2-4-7(6)11(15)19/h1-4,8H,5H2,(H2,13,14,16,17,18). The zero-order valence-electron chi connectivity index (χ0n) is 9.67. The fourth-order valence-electron chi connectivity index (χ4n) is 2.28. The highest BCUT2D eigenvalue weighted by atomic mass is 32.1. The molecule has 0 saturated carbocycles. The summed E-state index contributed by atoms with van der Waals surface area (Å²) < 4.78 is 0. The number of nitrogens with zero attached hydrogens (tertiary/aromatic N) is 1. The molecule has 0 aliphatic carbocycles. The van der Waals surface area contributed by atoms with Gasteiger partial charge in [0.05, 0.1) is 0 Å². The monoisotopic (exact) mass is 275 g/mol. The lowest BCUT2D eigenvalue weighted by Gasteiger charge is -2.29. The number of hydrogen-bond donors (Lipinski definition) is 2. The van der Waals surface area contributed by atoms with Gasteiger partial charge in [-0.2, -0.15) is 0 Å². The first-order chi connectivity index (χ1) is 9.08. The van der Waals surface area contributed by atoms with Crippen LogP contribution in [0.3, 0.4) is 0 Å². The zero-order chi connectivity index (χ0) is 13.6. The second-order valence-electron chi connectivity index (χ2n) is 4.30. The van der Waals surface area contributed by atoms with Crippen molar-refractivity contribution in [2.24, 2.45) is 0 Å². The minimum atomic E-state index is -1.10. The van der Waals surface area contributed by atoms with Gasteiger partial charge in [-0.05, 0) is 5.56 Å². The van der Waals surface area contributed by atoms with E-state index in [2.05, 4.69) is 10.6 Å². The highest BCUT2D eigenvalue weighted by Gasteiger charge is 2.42. The molecule has 1 fully saturated rings. The summed E-state index contributed by atoms with van der Waals surface area (Å²) >= 11 is 5.29. The molecule has 7 heteroatoms. The highest BCUT2D eigenvalue weighted by Crippen LogP contribution is 2.25. The van der Waals surface area contributed by atoms with E-state index in [1.54, 1.807) is 0 Å². The Morgan fingerprint density at radius 3 is 2.37 bits per heavy atom. The fourth-order valence-corrected chi connectivity index (χ4v) is 2.65. The molecule has 3 rings (SSSR count). The molecule has 96 valence electrons. The Morgan fingerprint density at radius 1 is 1.11 bits per heavy atom. The smallest absolute Gasteiger partial charge is 0.328 e. The van der Waals surface area contributed by atoms with Gasteiger partial charge < -0.3 is 4.90 Å². The normalized spacial score (nSPS) is 19.3. The van der Waals surface area contributed by atoms with Crippen LogP contribution in [0.1, 0.15) is 11.1 Å². The first-order valence-corrected chi connectivity index (χ1v) is 6.03. The summed E-state index contributed by atoms with van der Waals surface area (Å²) in [7, 11) is 0. The van der Waals surface area contributed by atoms with Gasteiger partial charge in [-0.3, -0.25) is 20.2 Å². The minimum Gasteiger partial charge on any atom is -0.338 e. The summed E-state index contributed by atoms with van der Waals surface area (Å²) in [5.74, 6) is -1.30. The molecule has 1 aromatic carbocycles. The van der Waals surface area contributed by atoms with E-state index in [0.29, 0.717) is 11.5 Å². The van der Waals surface area contributed by atoms with Crippen LogP contribution in [0.5, 0.6) is 0 Å². The highest BCUT2D eigenvalue weighted by molar-refractivity contribution is 7.80. The average molecular weight is 275 g/mol. The van der Waals surface area contributed by atoms with Crippen molar-refractivity contribution in [3.05, 3.63) is 35.4 Å². The molecule has 6 nitrogen and oxygen atoms in total. The Kier molecular flexibility index (Phi) is 2.56. The van der Waals surface area contributed by atoms with Crippen LogP contribution in [0, 0.1) is 0 Å². The predicted molar refractivity (Wildman–Crippen MR) is 69.2 cm³/mol. The Labute approximate surface area is 113 Å². The molecule has 4 amide bonds. The van der Waals surface area contributed by atoms with Crippen LogP contribution < -0.4 is 10.6 Å². The van der Waals surface area contributed by atoms with Crippen molar-refractivity contribution in [2.75, 3.05) is 0 Å². The quantitative estimate of drug-likeness (QED) is 0.553. The van der Waals surface area contributed by atoms with Gasteiger partial charge in [-0.15, -0.1) is 0 Å². The molecule has 0 spiro atoms. The molecule has 0 atom stereocenters. The molecular weight excluding hydrogens is 266 g/mol. The number of carbonyl (C=O) groups is 3. The third-order valence-electron chi connectivity index (χ3n) is 3.13. The molecule has 1 saturated heterocycles. The van der Waals surface area contributed by atoms with Gasteiger partial charge in [0.1, 0.15) is 4.99 Å². The summed E-state index contributed by atoms with van der Waals surface area (Å²) in [5.41, 5.74) is 1.81. The van der Waals surface area contributed by atoms with Crippen LogP contribution in [0.2, 0.25) is 0 Å². The van der Waals surface area contributed by atoms with Gasteiger partial charge in [0.15, 0.2) is 6.04 Å². The van der Waals surface area contributed by atoms with E-state index >= 15 is 0 Å². The van der Waals surface area contributed by atoms with E-state index < -0.39 is 23.9 Å². The number of amides is 4.